The molecule has 1 aliphatic carbocycles. The maximum absolute atomic E-state index is 5.77. The Morgan fingerprint density at radius 3 is 2.93 bits per heavy atom. The molecule has 15 heavy (non-hydrogen) atoms. The van der Waals surface area contributed by atoms with Gasteiger partial charge in [-0.3, -0.25) is 4.90 Å². The number of fused-ring (bicyclic) bond motifs is 1. The Hall–Kier alpha value is -1.03. The highest BCUT2D eigenvalue weighted by atomic mass is 16.5. The molecule has 82 valence electrons. The predicted molar refractivity (Wildman–Crippen MR) is 57.3 cm³/mol. The minimum Gasteiger partial charge on any atom is -0.367 e. The largest absolute Gasteiger partial charge is 0.367 e. The van der Waals surface area contributed by atoms with Crippen LogP contribution in [0.2, 0.25) is 0 Å². The second-order valence-electron chi connectivity index (χ2n) is 4.63. The zero-order valence-corrected chi connectivity index (χ0v) is 8.91. The first kappa shape index (κ1) is 9.21. The average Bonchev–Trinajstić information content (AvgIpc) is 2.88. The summed E-state index contributed by atoms with van der Waals surface area (Å²) in [5.74, 6) is 0.521. The number of anilines is 1. The van der Waals surface area contributed by atoms with Gasteiger partial charge in [0.15, 0.2) is 0 Å². The molecule has 4 heteroatoms. The standard InChI is InChI=1S/C11H17N3O/c12-11-9-7-14(8-3-1-2-4-8)6-5-10(9)13-15-11/h8H,1-7,12H2. The molecule has 0 bridgehead atoms. The SMILES string of the molecule is Nc1onc2c1CN(C1CCCC1)CC2. The Labute approximate surface area is 89.4 Å². The van der Waals surface area contributed by atoms with Gasteiger partial charge in [0, 0.05) is 25.6 Å². The van der Waals surface area contributed by atoms with Gasteiger partial charge in [-0.25, -0.2) is 0 Å². The molecule has 2 N–H and O–H groups in total. The molecular weight excluding hydrogens is 190 g/mol. The van der Waals surface area contributed by atoms with Gasteiger partial charge in [0.1, 0.15) is 0 Å². The lowest BCUT2D eigenvalue weighted by Crippen LogP contribution is -2.37. The zero-order chi connectivity index (χ0) is 10.3. The van der Waals surface area contributed by atoms with Crippen molar-refractivity contribution in [2.75, 3.05) is 12.3 Å². The molecule has 0 atom stereocenters. The first-order chi connectivity index (χ1) is 7.34. The first-order valence-electron chi connectivity index (χ1n) is 5.81. The molecule has 1 aliphatic heterocycles. The maximum atomic E-state index is 5.77. The molecule has 1 aromatic heterocycles. The van der Waals surface area contributed by atoms with Crippen LogP contribution in [0.25, 0.3) is 0 Å². The van der Waals surface area contributed by atoms with Crippen molar-refractivity contribution in [3.8, 4) is 0 Å². The Kier molecular flexibility index (Phi) is 2.16. The topological polar surface area (TPSA) is 55.3 Å². The molecule has 0 radical (unpaired) electrons. The Bertz CT molecular complexity index is 355. The summed E-state index contributed by atoms with van der Waals surface area (Å²) >= 11 is 0. The van der Waals surface area contributed by atoms with Crippen LogP contribution in [0.15, 0.2) is 4.52 Å². The molecule has 1 saturated carbocycles. The molecule has 4 nitrogen and oxygen atoms in total. The number of nitrogens with two attached hydrogens (primary N) is 1. The highest BCUT2D eigenvalue weighted by molar-refractivity contribution is 5.40. The summed E-state index contributed by atoms with van der Waals surface area (Å²) in [6.45, 7) is 2.05. The van der Waals surface area contributed by atoms with E-state index in [-0.39, 0.29) is 0 Å². The van der Waals surface area contributed by atoms with Crippen LogP contribution in [0.3, 0.4) is 0 Å². The lowest BCUT2D eigenvalue weighted by atomic mass is 10.0. The summed E-state index contributed by atoms with van der Waals surface area (Å²) in [5.41, 5.74) is 7.97. The van der Waals surface area contributed by atoms with Gasteiger partial charge in [-0.1, -0.05) is 18.0 Å². The molecule has 0 amide bonds. The monoisotopic (exact) mass is 207 g/mol. The van der Waals surface area contributed by atoms with E-state index < -0.39 is 0 Å². The van der Waals surface area contributed by atoms with Crippen molar-refractivity contribution in [2.45, 2.75) is 44.7 Å². The Morgan fingerprint density at radius 1 is 1.33 bits per heavy atom. The van der Waals surface area contributed by atoms with E-state index >= 15 is 0 Å². The summed E-state index contributed by atoms with van der Waals surface area (Å²) in [5, 5.41) is 3.99. The maximum Gasteiger partial charge on any atom is 0.226 e. The van der Waals surface area contributed by atoms with E-state index in [0.29, 0.717) is 5.88 Å². The number of hydrogen-bond donors (Lipinski definition) is 1. The minimum atomic E-state index is 0.521. The minimum absolute atomic E-state index is 0.521. The molecule has 0 unspecified atom stereocenters. The van der Waals surface area contributed by atoms with Crippen LogP contribution >= 0.6 is 0 Å². The van der Waals surface area contributed by atoms with E-state index in [1.54, 1.807) is 0 Å². The van der Waals surface area contributed by atoms with E-state index in [4.69, 9.17) is 10.3 Å². The summed E-state index contributed by atoms with van der Waals surface area (Å²) in [6, 6.07) is 0.771. The van der Waals surface area contributed by atoms with Gasteiger partial charge in [-0.2, -0.15) is 0 Å². The fourth-order valence-corrected chi connectivity index (χ4v) is 2.84. The number of nitrogens with zero attached hydrogens (tertiary/aromatic N) is 2. The zero-order valence-electron chi connectivity index (χ0n) is 8.91. The highest BCUT2D eigenvalue weighted by Gasteiger charge is 2.29. The van der Waals surface area contributed by atoms with Gasteiger partial charge >= 0.3 is 0 Å². The van der Waals surface area contributed by atoms with Crippen LogP contribution < -0.4 is 5.73 Å². The van der Waals surface area contributed by atoms with E-state index in [1.807, 2.05) is 0 Å². The lowest BCUT2D eigenvalue weighted by Gasteiger charge is -2.31. The van der Waals surface area contributed by atoms with Gasteiger partial charge in [-0.05, 0) is 12.8 Å². The van der Waals surface area contributed by atoms with Crippen LogP contribution in [0, 0.1) is 0 Å². The van der Waals surface area contributed by atoms with Crippen LogP contribution in [-0.2, 0) is 13.0 Å². The van der Waals surface area contributed by atoms with E-state index in [1.165, 1.54) is 25.7 Å². The van der Waals surface area contributed by atoms with Crippen LogP contribution in [0.5, 0.6) is 0 Å². The van der Waals surface area contributed by atoms with Gasteiger partial charge in [0.2, 0.25) is 5.88 Å². The smallest absolute Gasteiger partial charge is 0.226 e. The van der Waals surface area contributed by atoms with Gasteiger partial charge in [0.25, 0.3) is 0 Å². The third kappa shape index (κ3) is 1.53. The summed E-state index contributed by atoms with van der Waals surface area (Å²) in [4.78, 5) is 2.54. The molecule has 0 spiro atoms. The molecule has 1 fully saturated rings. The van der Waals surface area contributed by atoms with E-state index in [2.05, 4.69) is 10.1 Å². The molecular formula is C11H17N3O. The molecule has 3 rings (SSSR count). The number of nitrogen functional groups attached to an aromatic ring is 1. The molecule has 0 aromatic carbocycles. The van der Waals surface area contributed by atoms with Crippen molar-refractivity contribution in [3.05, 3.63) is 11.3 Å². The van der Waals surface area contributed by atoms with E-state index in [0.717, 1.165) is 36.8 Å². The average molecular weight is 207 g/mol. The fourth-order valence-electron chi connectivity index (χ4n) is 2.84. The first-order valence-corrected chi connectivity index (χ1v) is 5.81. The Morgan fingerprint density at radius 2 is 2.13 bits per heavy atom. The van der Waals surface area contributed by atoms with Crippen LogP contribution in [0.1, 0.15) is 36.9 Å². The van der Waals surface area contributed by atoms with Crippen LogP contribution in [0.4, 0.5) is 5.88 Å². The summed E-state index contributed by atoms with van der Waals surface area (Å²) in [7, 11) is 0. The van der Waals surface area contributed by atoms with Gasteiger partial charge < -0.3 is 10.3 Å². The highest BCUT2D eigenvalue weighted by Crippen LogP contribution is 2.30. The lowest BCUT2D eigenvalue weighted by molar-refractivity contribution is 0.181. The molecule has 1 aromatic rings. The summed E-state index contributed by atoms with van der Waals surface area (Å²) in [6.07, 6.45) is 6.45. The van der Waals surface area contributed by atoms with Crippen molar-refractivity contribution < 1.29 is 4.52 Å². The van der Waals surface area contributed by atoms with Crippen molar-refractivity contribution in [1.82, 2.24) is 10.1 Å². The van der Waals surface area contributed by atoms with Crippen molar-refractivity contribution in [2.24, 2.45) is 0 Å². The summed E-state index contributed by atoms with van der Waals surface area (Å²) < 4.78 is 5.03. The quantitative estimate of drug-likeness (QED) is 0.759. The second kappa shape index (κ2) is 3.52. The van der Waals surface area contributed by atoms with Crippen molar-refractivity contribution in [1.29, 1.82) is 0 Å². The molecule has 0 saturated heterocycles. The molecule has 2 heterocycles. The second-order valence-corrected chi connectivity index (χ2v) is 4.63. The normalized spacial score (nSPS) is 23.2. The van der Waals surface area contributed by atoms with Crippen LogP contribution in [-0.4, -0.2) is 22.6 Å². The van der Waals surface area contributed by atoms with E-state index in [9.17, 15) is 0 Å². The third-order valence-electron chi connectivity index (χ3n) is 3.74. The predicted octanol–water partition coefficient (Wildman–Crippen LogP) is 1.56. The number of rotatable bonds is 1. The third-order valence-corrected chi connectivity index (χ3v) is 3.74. The van der Waals surface area contributed by atoms with Gasteiger partial charge in [0.05, 0.1) is 11.3 Å². The Balaban J connectivity index is 1.78. The number of aromatic nitrogens is 1. The number of hydrogen-bond acceptors (Lipinski definition) is 4. The fraction of sp³-hybridized carbons (Fsp3) is 0.727. The van der Waals surface area contributed by atoms with Gasteiger partial charge in [-0.15, -0.1) is 0 Å². The van der Waals surface area contributed by atoms with Crippen molar-refractivity contribution >= 4 is 5.88 Å². The van der Waals surface area contributed by atoms with Crippen molar-refractivity contribution in [3.63, 3.8) is 0 Å². The molecule has 2 aliphatic rings.